The number of carbonyl (C=O) groups is 2. The van der Waals surface area contributed by atoms with Crippen LogP contribution < -0.4 is 5.32 Å². The van der Waals surface area contributed by atoms with E-state index in [0.29, 0.717) is 16.8 Å². The van der Waals surface area contributed by atoms with E-state index in [1.807, 2.05) is 6.07 Å². The van der Waals surface area contributed by atoms with Gasteiger partial charge in [0.2, 0.25) is 0 Å². The maximum absolute atomic E-state index is 12.0. The first-order valence-electron chi connectivity index (χ1n) is 5.79. The Morgan fingerprint density at radius 3 is 2.32 bits per heavy atom. The van der Waals surface area contributed by atoms with Gasteiger partial charge in [-0.2, -0.15) is 0 Å². The van der Waals surface area contributed by atoms with Crippen LogP contribution in [0.3, 0.4) is 0 Å². The Balaban J connectivity index is 2.27. The largest absolute Gasteiger partial charge is 0.478 e. The second-order valence-corrected chi connectivity index (χ2v) is 4.10. The van der Waals surface area contributed by atoms with Crippen LogP contribution in [0.2, 0.25) is 0 Å². The molecule has 2 aromatic rings. The molecule has 0 unspecified atom stereocenters. The Hall–Kier alpha value is -2.62. The first-order valence-corrected chi connectivity index (χ1v) is 5.79. The molecule has 0 saturated heterocycles. The lowest BCUT2D eigenvalue weighted by Gasteiger charge is -2.10. The first kappa shape index (κ1) is 12.8. The van der Waals surface area contributed by atoms with Crippen molar-refractivity contribution < 1.29 is 14.7 Å². The van der Waals surface area contributed by atoms with Crippen LogP contribution in [0.4, 0.5) is 5.69 Å². The topological polar surface area (TPSA) is 66.4 Å². The number of rotatable bonds is 3. The number of hydrogen-bond acceptors (Lipinski definition) is 2. The van der Waals surface area contributed by atoms with Crippen molar-refractivity contribution >= 4 is 17.6 Å². The molecule has 96 valence electrons. The zero-order valence-electron chi connectivity index (χ0n) is 10.4. The Morgan fingerprint density at radius 1 is 1.00 bits per heavy atom. The van der Waals surface area contributed by atoms with Crippen LogP contribution in [-0.4, -0.2) is 17.0 Å². The summed E-state index contributed by atoms with van der Waals surface area (Å²) in [5, 5.41) is 11.7. The van der Waals surface area contributed by atoms with Gasteiger partial charge in [0, 0.05) is 11.3 Å². The number of nitrogens with one attached hydrogen (secondary N) is 1. The van der Waals surface area contributed by atoms with Crippen LogP contribution >= 0.6 is 0 Å². The van der Waals surface area contributed by atoms with Crippen LogP contribution in [0.15, 0.2) is 48.5 Å². The van der Waals surface area contributed by atoms with Gasteiger partial charge in [-0.15, -0.1) is 0 Å². The summed E-state index contributed by atoms with van der Waals surface area (Å²) < 4.78 is 0. The highest BCUT2D eigenvalue weighted by Crippen LogP contribution is 2.19. The average Bonchev–Trinajstić information content (AvgIpc) is 2.41. The van der Waals surface area contributed by atoms with E-state index in [2.05, 4.69) is 5.32 Å². The highest BCUT2D eigenvalue weighted by molar-refractivity contribution is 6.05. The lowest BCUT2D eigenvalue weighted by atomic mass is 10.1. The summed E-state index contributed by atoms with van der Waals surface area (Å²) >= 11 is 0. The van der Waals surface area contributed by atoms with E-state index < -0.39 is 5.97 Å². The van der Waals surface area contributed by atoms with Crippen molar-refractivity contribution in [2.75, 3.05) is 5.32 Å². The number of carboxylic acids is 1. The molecular formula is C15H13NO3. The zero-order chi connectivity index (χ0) is 13.8. The van der Waals surface area contributed by atoms with E-state index >= 15 is 0 Å². The number of aromatic carboxylic acids is 1. The second kappa shape index (κ2) is 5.35. The molecule has 0 radical (unpaired) electrons. The van der Waals surface area contributed by atoms with Crippen molar-refractivity contribution in [3.8, 4) is 0 Å². The number of amides is 1. The van der Waals surface area contributed by atoms with Gasteiger partial charge in [0.15, 0.2) is 0 Å². The van der Waals surface area contributed by atoms with Crippen molar-refractivity contribution in [1.82, 2.24) is 0 Å². The molecule has 0 spiro atoms. The van der Waals surface area contributed by atoms with Crippen LogP contribution in [0, 0.1) is 6.92 Å². The second-order valence-electron chi connectivity index (χ2n) is 4.10. The molecule has 0 atom stereocenters. The van der Waals surface area contributed by atoms with Gasteiger partial charge in [-0.25, -0.2) is 4.79 Å². The minimum atomic E-state index is -1.01. The van der Waals surface area contributed by atoms with E-state index in [1.165, 1.54) is 6.07 Å². The van der Waals surface area contributed by atoms with Gasteiger partial charge in [0.25, 0.3) is 5.91 Å². The van der Waals surface area contributed by atoms with Gasteiger partial charge in [-0.3, -0.25) is 4.79 Å². The van der Waals surface area contributed by atoms with E-state index in [-0.39, 0.29) is 11.5 Å². The molecule has 0 aliphatic carbocycles. The molecule has 4 heteroatoms. The molecule has 0 heterocycles. The van der Waals surface area contributed by atoms with E-state index in [1.54, 1.807) is 43.3 Å². The van der Waals surface area contributed by atoms with E-state index in [4.69, 9.17) is 5.11 Å². The molecule has 2 rings (SSSR count). The van der Waals surface area contributed by atoms with E-state index in [9.17, 15) is 9.59 Å². The van der Waals surface area contributed by atoms with Crippen molar-refractivity contribution in [2.24, 2.45) is 0 Å². The normalized spacial score (nSPS) is 9.95. The third-order valence-corrected chi connectivity index (χ3v) is 2.85. The predicted molar refractivity (Wildman–Crippen MR) is 72.5 cm³/mol. The fraction of sp³-hybridized carbons (Fsp3) is 0.0667. The summed E-state index contributed by atoms with van der Waals surface area (Å²) in [5.74, 6) is -1.26. The first-order chi connectivity index (χ1) is 9.09. The molecule has 4 nitrogen and oxygen atoms in total. The molecule has 2 aromatic carbocycles. The molecule has 0 fully saturated rings. The summed E-state index contributed by atoms with van der Waals surface area (Å²) in [4.78, 5) is 23.0. The van der Waals surface area contributed by atoms with Crippen molar-refractivity contribution in [3.05, 3.63) is 65.2 Å². The Kier molecular flexibility index (Phi) is 3.61. The van der Waals surface area contributed by atoms with Gasteiger partial charge in [-0.1, -0.05) is 24.3 Å². The molecule has 0 aliphatic heterocycles. The van der Waals surface area contributed by atoms with Gasteiger partial charge < -0.3 is 10.4 Å². The van der Waals surface area contributed by atoms with Crippen molar-refractivity contribution in [2.45, 2.75) is 6.92 Å². The number of carboxylic acid groups (broad SMARTS) is 1. The lowest BCUT2D eigenvalue weighted by molar-refractivity contribution is 0.0695. The van der Waals surface area contributed by atoms with Crippen LogP contribution in [0.1, 0.15) is 26.3 Å². The zero-order valence-corrected chi connectivity index (χ0v) is 10.4. The molecule has 0 bridgehead atoms. The molecule has 19 heavy (non-hydrogen) atoms. The fourth-order valence-electron chi connectivity index (χ4n) is 1.79. The maximum Gasteiger partial charge on any atom is 0.336 e. The SMILES string of the molecule is Cc1c(NC(=O)c2ccccc2)cccc1C(=O)O. The minimum absolute atomic E-state index is 0.186. The minimum Gasteiger partial charge on any atom is -0.478 e. The summed E-state index contributed by atoms with van der Waals surface area (Å²) in [7, 11) is 0. The summed E-state index contributed by atoms with van der Waals surface area (Å²) in [6.07, 6.45) is 0. The van der Waals surface area contributed by atoms with E-state index in [0.717, 1.165) is 0 Å². The maximum atomic E-state index is 12.0. The monoisotopic (exact) mass is 255 g/mol. The highest BCUT2D eigenvalue weighted by atomic mass is 16.4. The smallest absolute Gasteiger partial charge is 0.336 e. The number of carbonyl (C=O) groups excluding carboxylic acids is 1. The van der Waals surface area contributed by atoms with Crippen LogP contribution in [-0.2, 0) is 0 Å². The number of anilines is 1. The lowest BCUT2D eigenvalue weighted by Crippen LogP contribution is -2.13. The molecule has 1 amide bonds. The standard InChI is InChI=1S/C15H13NO3/c1-10-12(15(18)19)8-5-9-13(10)16-14(17)11-6-3-2-4-7-11/h2-9H,1H3,(H,16,17)(H,18,19). The summed E-state index contributed by atoms with van der Waals surface area (Å²) in [6.45, 7) is 1.67. The summed E-state index contributed by atoms with van der Waals surface area (Å²) in [6, 6.07) is 13.6. The van der Waals surface area contributed by atoms with Crippen LogP contribution in [0.5, 0.6) is 0 Å². The molecule has 0 saturated carbocycles. The highest BCUT2D eigenvalue weighted by Gasteiger charge is 2.12. The number of hydrogen-bond donors (Lipinski definition) is 2. The fourth-order valence-corrected chi connectivity index (χ4v) is 1.79. The van der Waals surface area contributed by atoms with Crippen LogP contribution in [0.25, 0.3) is 0 Å². The molecule has 0 aromatic heterocycles. The Morgan fingerprint density at radius 2 is 1.68 bits per heavy atom. The molecule has 2 N–H and O–H groups in total. The quantitative estimate of drug-likeness (QED) is 0.886. The van der Waals surface area contributed by atoms with Gasteiger partial charge in [0.1, 0.15) is 0 Å². The van der Waals surface area contributed by atoms with Gasteiger partial charge in [-0.05, 0) is 36.8 Å². The molecule has 0 aliphatic rings. The molecular weight excluding hydrogens is 242 g/mol. The number of benzene rings is 2. The van der Waals surface area contributed by atoms with Gasteiger partial charge in [0.05, 0.1) is 5.56 Å². The van der Waals surface area contributed by atoms with Gasteiger partial charge >= 0.3 is 5.97 Å². The van der Waals surface area contributed by atoms with Crippen molar-refractivity contribution in [3.63, 3.8) is 0 Å². The average molecular weight is 255 g/mol. The Bertz CT molecular complexity index is 621. The van der Waals surface area contributed by atoms with Crippen molar-refractivity contribution in [1.29, 1.82) is 0 Å². The summed E-state index contributed by atoms with van der Waals surface area (Å²) in [5.41, 5.74) is 1.77. The third kappa shape index (κ3) is 2.80. The Labute approximate surface area is 110 Å². The third-order valence-electron chi connectivity index (χ3n) is 2.85. The predicted octanol–water partition coefficient (Wildman–Crippen LogP) is 2.95.